The molecule has 1 amide bonds. The summed E-state index contributed by atoms with van der Waals surface area (Å²) in [7, 11) is 0. The summed E-state index contributed by atoms with van der Waals surface area (Å²) in [6, 6.07) is 11.6. The lowest BCUT2D eigenvalue weighted by atomic mass is 10.1. The smallest absolute Gasteiger partial charge is 0.230 e. The van der Waals surface area contributed by atoms with E-state index in [0.717, 1.165) is 22.6 Å². The van der Waals surface area contributed by atoms with Crippen LogP contribution in [0.4, 0.5) is 0 Å². The third-order valence-electron chi connectivity index (χ3n) is 3.85. The molecule has 1 heterocycles. The van der Waals surface area contributed by atoms with E-state index in [1.165, 1.54) is 11.8 Å². The van der Waals surface area contributed by atoms with Crippen LogP contribution in [0, 0.1) is 32.1 Å². The molecule has 2 aromatic rings. The molecule has 0 spiro atoms. The fourth-order valence-electron chi connectivity index (χ4n) is 2.21. The van der Waals surface area contributed by atoms with Gasteiger partial charge < -0.3 is 10.1 Å². The van der Waals surface area contributed by atoms with Crippen molar-refractivity contribution >= 4 is 17.7 Å². The molecule has 2 rings (SSSR count). The molecular formula is C19H21N3O2S. The lowest BCUT2D eigenvalue weighted by Crippen LogP contribution is -2.29. The number of nitriles is 1. The molecule has 25 heavy (non-hydrogen) atoms. The first-order chi connectivity index (χ1) is 12.0. The number of nitrogens with one attached hydrogen (secondary N) is 1. The highest BCUT2D eigenvalue weighted by Gasteiger charge is 2.14. The summed E-state index contributed by atoms with van der Waals surface area (Å²) in [6.07, 6.45) is 0. The number of pyridine rings is 1. The van der Waals surface area contributed by atoms with Gasteiger partial charge in [-0.1, -0.05) is 30.0 Å². The van der Waals surface area contributed by atoms with Gasteiger partial charge in [0.2, 0.25) is 5.91 Å². The van der Waals surface area contributed by atoms with Gasteiger partial charge in [-0.05, 0) is 44.0 Å². The normalized spacial score (nSPS) is 10.2. The number of ether oxygens (including phenoxy) is 1. The average molecular weight is 355 g/mol. The van der Waals surface area contributed by atoms with Crippen LogP contribution >= 0.6 is 11.8 Å². The fraction of sp³-hybridized carbons (Fsp3) is 0.316. The number of hydrogen-bond donors (Lipinski definition) is 1. The van der Waals surface area contributed by atoms with E-state index in [9.17, 15) is 10.1 Å². The minimum absolute atomic E-state index is 0.108. The number of rotatable bonds is 7. The van der Waals surface area contributed by atoms with Gasteiger partial charge in [0, 0.05) is 5.69 Å². The summed E-state index contributed by atoms with van der Waals surface area (Å²) < 4.78 is 5.52. The molecule has 130 valence electrons. The maximum Gasteiger partial charge on any atom is 0.230 e. The van der Waals surface area contributed by atoms with Crippen LogP contribution < -0.4 is 10.1 Å². The van der Waals surface area contributed by atoms with Crippen molar-refractivity contribution in [3.05, 3.63) is 52.7 Å². The molecule has 5 nitrogen and oxygen atoms in total. The van der Waals surface area contributed by atoms with E-state index in [0.29, 0.717) is 23.7 Å². The second kappa shape index (κ2) is 9.09. The Balaban J connectivity index is 1.81. The van der Waals surface area contributed by atoms with E-state index < -0.39 is 0 Å². The molecule has 0 atom stereocenters. The van der Waals surface area contributed by atoms with Gasteiger partial charge in [-0.15, -0.1) is 0 Å². The second-order valence-corrected chi connectivity index (χ2v) is 6.50. The van der Waals surface area contributed by atoms with E-state index in [1.807, 2.05) is 51.1 Å². The standard InChI is InChI=1S/C19H21N3O2S/c1-13-14(2)17(11-20)19(22-15(13)3)25-12-18(23)21-9-10-24-16-7-5-4-6-8-16/h4-8H,9-10,12H2,1-3H3,(H,21,23). The van der Waals surface area contributed by atoms with E-state index in [2.05, 4.69) is 16.4 Å². The Kier molecular flexibility index (Phi) is 6.84. The lowest BCUT2D eigenvalue weighted by Gasteiger charge is -2.11. The number of aromatic nitrogens is 1. The average Bonchev–Trinajstić information content (AvgIpc) is 2.62. The highest BCUT2D eigenvalue weighted by atomic mass is 32.2. The highest BCUT2D eigenvalue weighted by Crippen LogP contribution is 2.26. The van der Waals surface area contributed by atoms with Gasteiger partial charge >= 0.3 is 0 Å². The van der Waals surface area contributed by atoms with Crippen molar-refractivity contribution < 1.29 is 9.53 Å². The number of carbonyl (C=O) groups excluding carboxylic acids is 1. The van der Waals surface area contributed by atoms with Crippen molar-refractivity contribution in [1.82, 2.24) is 10.3 Å². The number of thioether (sulfide) groups is 1. The van der Waals surface area contributed by atoms with Crippen LogP contribution in [0.2, 0.25) is 0 Å². The zero-order valence-corrected chi connectivity index (χ0v) is 15.4. The zero-order valence-electron chi connectivity index (χ0n) is 14.6. The molecule has 0 saturated heterocycles. The Hall–Kier alpha value is -2.52. The van der Waals surface area contributed by atoms with Gasteiger partial charge in [0.15, 0.2) is 0 Å². The zero-order chi connectivity index (χ0) is 18.2. The predicted octanol–water partition coefficient (Wildman–Crippen LogP) is 3.17. The molecule has 0 aliphatic heterocycles. The van der Waals surface area contributed by atoms with Crippen LogP contribution in [-0.4, -0.2) is 29.8 Å². The first-order valence-electron chi connectivity index (χ1n) is 7.98. The van der Waals surface area contributed by atoms with Crippen molar-refractivity contribution in [3.63, 3.8) is 0 Å². The van der Waals surface area contributed by atoms with Gasteiger partial charge in [-0.25, -0.2) is 4.98 Å². The van der Waals surface area contributed by atoms with Crippen LogP contribution in [0.15, 0.2) is 35.4 Å². The van der Waals surface area contributed by atoms with E-state index in [4.69, 9.17) is 4.74 Å². The Labute approximate surface area is 152 Å². The monoisotopic (exact) mass is 355 g/mol. The summed E-state index contributed by atoms with van der Waals surface area (Å²) in [5.74, 6) is 0.887. The topological polar surface area (TPSA) is 75.0 Å². The van der Waals surface area contributed by atoms with Gasteiger partial charge in [0.1, 0.15) is 23.5 Å². The van der Waals surface area contributed by atoms with Crippen LogP contribution in [0.5, 0.6) is 5.75 Å². The fourth-order valence-corrected chi connectivity index (χ4v) is 3.12. The first-order valence-corrected chi connectivity index (χ1v) is 8.96. The SMILES string of the molecule is Cc1nc(SCC(=O)NCCOc2ccccc2)c(C#N)c(C)c1C. The first kappa shape index (κ1) is 18.8. The van der Waals surface area contributed by atoms with Crippen LogP contribution in [-0.2, 0) is 4.79 Å². The molecule has 0 aliphatic rings. The van der Waals surface area contributed by atoms with E-state index in [-0.39, 0.29) is 11.7 Å². The van der Waals surface area contributed by atoms with Crippen molar-refractivity contribution in [2.75, 3.05) is 18.9 Å². The van der Waals surface area contributed by atoms with Gasteiger partial charge in [-0.3, -0.25) is 4.79 Å². The largest absolute Gasteiger partial charge is 0.492 e. The molecule has 0 aliphatic carbocycles. The quantitative estimate of drug-likeness (QED) is 0.610. The Bertz CT molecular complexity index is 785. The number of nitrogens with zero attached hydrogens (tertiary/aromatic N) is 2. The van der Waals surface area contributed by atoms with Crippen molar-refractivity contribution in [3.8, 4) is 11.8 Å². The molecule has 0 unspecified atom stereocenters. The maximum atomic E-state index is 12.0. The van der Waals surface area contributed by atoms with Crippen molar-refractivity contribution in [2.24, 2.45) is 0 Å². The van der Waals surface area contributed by atoms with Gasteiger partial charge in [0.05, 0.1) is 17.9 Å². The Morgan fingerprint density at radius 2 is 1.96 bits per heavy atom. The molecular weight excluding hydrogens is 334 g/mol. The highest BCUT2D eigenvalue weighted by molar-refractivity contribution is 8.00. The van der Waals surface area contributed by atoms with Crippen LogP contribution in [0.25, 0.3) is 0 Å². The Morgan fingerprint density at radius 3 is 2.64 bits per heavy atom. The third kappa shape index (κ3) is 5.23. The molecule has 0 fully saturated rings. The maximum absolute atomic E-state index is 12.0. The number of amides is 1. The van der Waals surface area contributed by atoms with Crippen molar-refractivity contribution in [2.45, 2.75) is 25.8 Å². The molecule has 6 heteroatoms. The van der Waals surface area contributed by atoms with Gasteiger partial charge in [-0.2, -0.15) is 5.26 Å². The summed E-state index contributed by atoms with van der Waals surface area (Å²) in [6.45, 7) is 6.61. The number of aryl methyl sites for hydroxylation is 1. The minimum atomic E-state index is -0.108. The molecule has 0 saturated carbocycles. The molecule has 1 N–H and O–H groups in total. The number of carbonyl (C=O) groups is 1. The Morgan fingerprint density at radius 1 is 1.24 bits per heavy atom. The molecule has 0 bridgehead atoms. The number of para-hydroxylation sites is 1. The van der Waals surface area contributed by atoms with E-state index in [1.54, 1.807) is 0 Å². The van der Waals surface area contributed by atoms with Crippen LogP contribution in [0.3, 0.4) is 0 Å². The van der Waals surface area contributed by atoms with Gasteiger partial charge in [0.25, 0.3) is 0 Å². The summed E-state index contributed by atoms with van der Waals surface area (Å²) in [5.41, 5.74) is 3.38. The van der Waals surface area contributed by atoms with Crippen LogP contribution in [0.1, 0.15) is 22.4 Å². The molecule has 0 radical (unpaired) electrons. The number of hydrogen-bond acceptors (Lipinski definition) is 5. The molecule has 1 aromatic heterocycles. The predicted molar refractivity (Wildman–Crippen MR) is 98.8 cm³/mol. The number of benzene rings is 1. The second-order valence-electron chi connectivity index (χ2n) is 5.54. The summed E-state index contributed by atoms with van der Waals surface area (Å²) >= 11 is 1.28. The lowest BCUT2D eigenvalue weighted by molar-refractivity contribution is -0.118. The minimum Gasteiger partial charge on any atom is -0.492 e. The van der Waals surface area contributed by atoms with E-state index >= 15 is 0 Å². The van der Waals surface area contributed by atoms with Crippen molar-refractivity contribution in [1.29, 1.82) is 5.26 Å². The summed E-state index contributed by atoms with van der Waals surface area (Å²) in [4.78, 5) is 16.4. The summed E-state index contributed by atoms with van der Waals surface area (Å²) in [5, 5.41) is 12.8. The third-order valence-corrected chi connectivity index (χ3v) is 4.83. The molecule has 1 aromatic carbocycles.